The molecule has 2 aromatic carbocycles. The van der Waals surface area contributed by atoms with Crippen LogP contribution in [0.5, 0.6) is 11.5 Å². The van der Waals surface area contributed by atoms with Gasteiger partial charge in [-0.15, -0.1) is 0 Å². The summed E-state index contributed by atoms with van der Waals surface area (Å²) in [6, 6.07) is 13.3. The molecule has 0 aromatic heterocycles. The zero-order valence-electron chi connectivity index (χ0n) is 18.9. The average molecular weight is 452 g/mol. The Morgan fingerprint density at radius 2 is 1.52 bits per heavy atom. The third-order valence-electron chi connectivity index (χ3n) is 6.20. The molecule has 0 bridgehead atoms. The number of ketones is 1. The number of methoxy groups -OCH3 is 2. The number of aliphatic hydroxyl groups is 1. The fourth-order valence-electron chi connectivity index (χ4n) is 4.33. The second kappa shape index (κ2) is 10.1. The Kier molecular flexibility index (Phi) is 6.96. The van der Waals surface area contributed by atoms with Crippen LogP contribution in [0, 0.1) is 0 Å². The molecule has 1 amide bonds. The summed E-state index contributed by atoms with van der Waals surface area (Å²) in [6.07, 6.45) is 0. The topological polar surface area (TPSA) is 91.3 Å². The predicted molar refractivity (Wildman–Crippen MR) is 124 cm³/mol. The Bertz CT molecular complexity index is 1030. The minimum absolute atomic E-state index is 0.0932. The van der Waals surface area contributed by atoms with E-state index < -0.39 is 17.7 Å². The molecule has 0 saturated carbocycles. The molecule has 0 aliphatic carbocycles. The molecule has 174 valence electrons. The number of carbonyl (C=O) groups is 2. The summed E-state index contributed by atoms with van der Waals surface area (Å²) in [5.74, 6) is -0.159. The highest BCUT2D eigenvalue weighted by atomic mass is 16.5. The highest BCUT2D eigenvalue weighted by Gasteiger charge is 2.46. The molecule has 1 unspecified atom stereocenters. The van der Waals surface area contributed by atoms with Gasteiger partial charge in [-0.25, -0.2) is 0 Å². The van der Waals surface area contributed by atoms with Crippen LogP contribution >= 0.6 is 0 Å². The van der Waals surface area contributed by atoms with Crippen LogP contribution in [-0.4, -0.2) is 80.1 Å². The summed E-state index contributed by atoms with van der Waals surface area (Å²) in [5.41, 5.74) is 1.29. The molecular formula is C25H29N3O5. The number of hydrogen-bond donors (Lipinski definition) is 2. The lowest BCUT2D eigenvalue weighted by molar-refractivity contribution is -0.140. The molecule has 2 saturated heterocycles. The van der Waals surface area contributed by atoms with Crippen molar-refractivity contribution in [1.82, 2.24) is 15.1 Å². The standard InChI is InChI=1S/C25H29N3O5/c1-32-19-7-3-17(4-8-19)22-21(23(29)18-5-9-20(33-2)10-6-18)24(30)25(31)28(22)16-15-27-13-11-26-12-14-27/h3-10,22,26,29H,11-16H2,1-2H3/b23-21+. The van der Waals surface area contributed by atoms with E-state index in [2.05, 4.69) is 10.2 Å². The van der Waals surface area contributed by atoms with E-state index in [0.717, 1.165) is 31.7 Å². The van der Waals surface area contributed by atoms with Crippen LogP contribution in [0.3, 0.4) is 0 Å². The van der Waals surface area contributed by atoms with Crippen LogP contribution in [0.4, 0.5) is 0 Å². The van der Waals surface area contributed by atoms with Gasteiger partial charge >= 0.3 is 0 Å². The fourth-order valence-corrected chi connectivity index (χ4v) is 4.33. The number of rotatable bonds is 7. The van der Waals surface area contributed by atoms with Crippen molar-refractivity contribution >= 4 is 17.4 Å². The van der Waals surface area contributed by atoms with Crippen LogP contribution in [0.2, 0.25) is 0 Å². The number of Topliss-reactive ketones (excluding diaryl/α,β-unsaturated/α-hetero) is 1. The molecule has 2 aliphatic heterocycles. The van der Waals surface area contributed by atoms with E-state index in [0.29, 0.717) is 30.2 Å². The molecule has 4 rings (SSSR count). The summed E-state index contributed by atoms with van der Waals surface area (Å²) in [4.78, 5) is 30.1. The van der Waals surface area contributed by atoms with Gasteiger partial charge in [0, 0.05) is 44.8 Å². The molecule has 2 N–H and O–H groups in total. The van der Waals surface area contributed by atoms with Crippen molar-refractivity contribution in [1.29, 1.82) is 0 Å². The molecule has 1 atom stereocenters. The van der Waals surface area contributed by atoms with Gasteiger partial charge in [-0.3, -0.25) is 14.5 Å². The molecule has 2 aromatic rings. The number of benzene rings is 2. The van der Waals surface area contributed by atoms with E-state index in [4.69, 9.17) is 9.47 Å². The average Bonchev–Trinajstić information content (AvgIpc) is 3.12. The SMILES string of the molecule is COc1ccc(/C(O)=C2\C(=O)C(=O)N(CCN3CCNCC3)C2c2ccc(OC)cc2)cc1. The first-order valence-electron chi connectivity index (χ1n) is 11.0. The second-order valence-electron chi connectivity index (χ2n) is 8.09. The Balaban J connectivity index is 1.72. The molecule has 33 heavy (non-hydrogen) atoms. The number of ether oxygens (including phenoxy) is 2. The molecule has 8 nitrogen and oxygen atoms in total. The van der Waals surface area contributed by atoms with Crippen LogP contribution in [0.25, 0.3) is 5.76 Å². The van der Waals surface area contributed by atoms with E-state index in [1.165, 1.54) is 0 Å². The molecule has 2 heterocycles. The third kappa shape index (κ3) is 4.72. The first kappa shape index (κ1) is 22.8. The van der Waals surface area contributed by atoms with Gasteiger partial charge in [-0.2, -0.15) is 0 Å². The van der Waals surface area contributed by atoms with Crippen molar-refractivity contribution in [3.8, 4) is 11.5 Å². The maximum Gasteiger partial charge on any atom is 0.295 e. The third-order valence-corrected chi connectivity index (χ3v) is 6.20. The van der Waals surface area contributed by atoms with Crippen LogP contribution in [0.15, 0.2) is 54.1 Å². The van der Waals surface area contributed by atoms with Gasteiger partial charge in [-0.05, 0) is 42.0 Å². The second-order valence-corrected chi connectivity index (χ2v) is 8.09. The van der Waals surface area contributed by atoms with Crippen molar-refractivity contribution in [3.63, 3.8) is 0 Å². The predicted octanol–water partition coefficient (Wildman–Crippen LogP) is 2.03. The van der Waals surface area contributed by atoms with Crippen molar-refractivity contribution in [2.45, 2.75) is 6.04 Å². The van der Waals surface area contributed by atoms with Crippen molar-refractivity contribution < 1.29 is 24.2 Å². The quantitative estimate of drug-likeness (QED) is 0.378. The maximum atomic E-state index is 13.1. The highest BCUT2D eigenvalue weighted by molar-refractivity contribution is 6.46. The molecular weight excluding hydrogens is 422 g/mol. The molecule has 0 spiro atoms. The van der Waals surface area contributed by atoms with Crippen molar-refractivity contribution in [2.24, 2.45) is 0 Å². The number of nitrogens with one attached hydrogen (secondary N) is 1. The largest absolute Gasteiger partial charge is 0.507 e. The first-order chi connectivity index (χ1) is 16.0. The van der Waals surface area contributed by atoms with E-state index in [1.54, 1.807) is 55.5 Å². The van der Waals surface area contributed by atoms with Gasteiger partial charge in [0.25, 0.3) is 11.7 Å². The number of hydrogen-bond acceptors (Lipinski definition) is 7. The summed E-state index contributed by atoms with van der Waals surface area (Å²) in [6.45, 7) is 4.63. The number of likely N-dealkylation sites (tertiary alicyclic amines) is 1. The van der Waals surface area contributed by atoms with Gasteiger partial charge in [0.2, 0.25) is 0 Å². The zero-order valence-corrected chi connectivity index (χ0v) is 18.9. The van der Waals surface area contributed by atoms with Crippen molar-refractivity contribution in [2.75, 3.05) is 53.5 Å². The van der Waals surface area contributed by atoms with Gasteiger partial charge in [0.15, 0.2) is 0 Å². The minimum Gasteiger partial charge on any atom is -0.507 e. The number of piperazine rings is 1. The normalized spacial score (nSPS) is 20.8. The molecule has 2 aliphatic rings. The summed E-state index contributed by atoms with van der Waals surface area (Å²) in [7, 11) is 3.14. The van der Waals surface area contributed by atoms with Gasteiger partial charge in [0.05, 0.1) is 25.8 Å². The lowest BCUT2D eigenvalue weighted by Crippen LogP contribution is -2.46. The highest BCUT2D eigenvalue weighted by Crippen LogP contribution is 2.39. The lowest BCUT2D eigenvalue weighted by Gasteiger charge is -2.31. The lowest BCUT2D eigenvalue weighted by atomic mass is 9.95. The molecule has 2 fully saturated rings. The molecule has 0 radical (unpaired) electrons. The van der Waals surface area contributed by atoms with Crippen LogP contribution < -0.4 is 14.8 Å². The van der Waals surface area contributed by atoms with Gasteiger partial charge in [0.1, 0.15) is 17.3 Å². The van der Waals surface area contributed by atoms with Crippen LogP contribution in [-0.2, 0) is 9.59 Å². The number of aliphatic hydroxyl groups excluding tert-OH is 1. The van der Waals surface area contributed by atoms with Crippen molar-refractivity contribution in [3.05, 3.63) is 65.2 Å². The molecule has 8 heteroatoms. The van der Waals surface area contributed by atoms with Crippen LogP contribution in [0.1, 0.15) is 17.2 Å². The van der Waals surface area contributed by atoms with Gasteiger partial charge < -0.3 is 24.8 Å². The van der Waals surface area contributed by atoms with E-state index in [-0.39, 0.29) is 11.3 Å². The monoisotopic (exact) mass is 451 g/mol. The number of carbonyl (C=O) groups excluding carboxylic acids is 2. The summed E-state index contributed by atoms with van der Waals surface area (Å²) < 4.78 is 10.4. The fraction of sp³-hybridized carbons (Fsp3) is 0.360. The smallest absolute Gasteiger partial charge is 0.295 e. The van der Waals surface area contributed by atoms with Gasteiger partial charge in [-0.1, -0.05) is 12.1 Å². The van der Waals surface area contributed by atoms with E-state index in [9.17, 15) is 14.7 Å². The first-order valence-corrected chi connectivity index (χ1v) is 11.0. The Morgan fingerprint density at radius 3 is 2.09 bits per heavy atom. The van der Waals surface area contributed by atoms with E-state index >= 15 is 0 Å². The summed E-state index contributed by atoms with van der Waals surface area (Å²) in [5, 5.41) is 14.4. The maximum absolute atomic E-state index is 13.1. The Hall–Kier alpha value is -3.36. The number of amides is 1. The Morgan fingerprint density at radius 1 is 0.939 bits per heavy atom. The number of nitrogens with zero attached hydrogens (tertiary/aromatic N) is 2. The van der Waals surface area contributed by atoms with E-state index in [1.807, 2.05) is 12.1 Å². The minimum atomic E-state index is -0.680. The summed E-state index contributed by atoms with van der Waals surface area (Å²) >= 11 is 0. The zero-order chi connectivity index (χ0) is 23.4. The Labute approximate surface area is 193 Å².